The number of hydrogen-bond donors (Lipinski definition) is 7. The van der Waals surface area contributed by atoms with Gasteiger partial charge in [0.1, 0.15) is 29.9 Å². The van der Waals surface area contributed by atoms with E-state index in [-0.39, 0.29) is 31.1 Å². The highest BCUT2D eigenvalue weighted by Crippen LogP contribution is 2.13. The lowest BCUT2D eigenvalue weighted by atomic mass is 10.0. The minimum Gasteiger partial charge on any atom is -0.508 e. The fourth-order valence-corrected chi connectivity index (χ4v) is 3.83. The van der Waals surface area contributed by atoms with Crippen LogP contribution in [0.15, 0.2) is 24.3 Å². The van der Waals surface area contributed by atoms with Crippen LogP contribution in [0, 0.1) is 5.92 Å². The molecule has 204 valence electrons. The normalized spacial score (nSPS) is 24.2. The van der Waals surface area contributed by atoms with Crippen molar-refractivity contribution in [3.63, 3.8) is 0 Å². The third kappa shape index (κ3) is 9.37. The molecule has 8 N–H and O–H groups in total. The maximum Gasteiger partial charge on any atom is 0.243 e. The second kappa shape index (κ2) is 14.2. The highest BCUT2D eigenvalue weighted by molar-refractivity contribution is 5.97. The van der Waals surface area contributed by atoms with Crippen LogP contribution in [0.2, 0.25) is 0 Å². The van der Waals surface area contributed by atoms with Gasteiger partial charge in [-0.1, -0.05) is 26.0 Å². The Morgan fingerprint density at radius 1 is 0.865 bits per heavy atom. The minimum atomic E-state index is -1.08. The van der Waals surface area contributed by atoms with E-state index in [1.54, 1.807) is 26.0 Å². The molecule has 1 fully saturated rings. The summed E-state index contributed by atoms with van der Waals surface area (Å²) in [4.78, 5) is 64.5. The summed E-state index contributed by atoms with van der Waals surface area (Å²) >= 11 is 0. The molecule has 0 spiro atoms. The number of nitrogens with one attached hydrogen (secondary N) is 5. The lowest BCUT2D eigenvalue weighted by Gasteiger charge is -2.26. The summed E-state index contributed by atoms with van der Waals surface area (Å²) in [6, 6.07) is 2.17. The molecule has 2 rings (SSSR count). The lowest BCUT2D eigenvalue weighted by molar-refractivity contribution is -0.134. The van der Waals surface area contributed by atoms with E-state index in [0.29, 0.717) is 24.9 Å². The fraction of sp³-hybridized carbons (Fsp3) is 0.560. The second-order valence-corrected chi connectivity index (χ2v) is 9.51. The Kier molecular flexibility index (Phi) is 11.3. The van der Waals surface area contributed by atoms with Crippen LogP contribution in [-0.4, -0.2) is 71.9 Å². The molecule has 0 saturated carbocycles. The van der Waals surface area contributed by atoms with Gasteiger partial charge in [-0.25, -0.2) is 0 Å². The molecule has 1 saturated heterocycles. The van der Waals surface area contributed by atoms with Crippen LogP contribution in [0.3, 0.4) is 0 Å². The van der Waals surface area contributed by atoms with Crippen molar-refractivity contribution >= 4 is 29.5 Å². The number of unbranched alkanes of at least 4 members (excludes halogenated alkanes) is 1. The largest absolute Gasteiger partial charge is 0.508 e. The van der Waals surface area contributed by atoms with E-state index in [1.165, 1.54) is 19.1 Å². The van der Waals surface area contributed by atoms with Crippen molar-refractivity contribution in [1.82, 2.24) is 26.6 Å². The number of amides is 5. The van der Waals surface area contributed by atoms with E-state index in [2.05, 4.69) is 26.6 Å². The predicted octanol–water partition coefficient (Wildman–Crippen LogP) is -1.19. The highest BCUT2D eigenvalue weighted by Gasteiger charge is 2.32. The van der Waals surface area contributed by atoms with Crippen LogP contribution in [0.5, 0.6) is 5.75 Å². The van der Waals surface area contributed by atoms with Gasteiger partial charge in [0.25, 0.3) is 0 Å². The summed E-state index contributed by atoms with van der Waals surface area (Å²) in [6.45, 7) is 4.99. The topological polar surface area (TPSA) is 192 Å². The molecule has 4 atom stereocenters. The quantitative estimate of drug-likeness (QED) is 0.221. The SMILES string of the molecule is CC(C)[C@@H]1NC(=O)CNC(=O)[C@@H](C)NC(=O)[C@H](Cc2ccc(O)cc2)NC(=O)[C@H](CCCCN)NC1=O. The molecule has 5 amide bonds. The third-order valence-corrected chi connectivity index (χ3v) is 6.03. The number of phenols is 1. The van der Waals surface area contributed by atoms with Crippen LogP contribution in [0.4, 0.5) is 0 Å². The molecule has 0 unspecified atom stereocenters. The van der Waals surface area contributed by atoms with Crippen LogP contribution in [0.25, 0.3) is 0 Å². The molecule has 1 aromatic rings. The van der Waals surface area contributed by atoms with Crippen LogP contribution in [-0.2, 0) is 30.4 Å². The van der Waals surface area contributed by atoms with Crippen LogP contribution >= 0.6 is 0 Å². The summed E-state index contributed by atoms with van der Waals surface area (Å²) in [7, 11) is 0. The molecule has 37 heavy (non-hydrogen) atoms. The van der Waals surface area contributed by atoms with E-state index in [9.17, 15) is 29.1 Å². The van der Waals surface area contributed by atoms with E-state index in [1.807, 2.05) is 0 Å². The van der Waals surface area contributed by atoms with Gasteiger partial charge < -0.3 is 37.4 Å². The summed E-state index contributed by atoms with van der Waals surface area (Å²) in [6.07, 6.45) is 1.53. The minimum absolute atomic E-state index is 0.0511. The van der Waals surface area contributed by atoms with Crippen molar-refractivity contribution < 1.29 is 29.1 Å². The van der Waals surface area contributed by atoms with Crippen molar-refractivity contribution in [1.29, 1.82) is 0 Å². The first-order valence-corrected chi connectivity index (χ1v) is 12.5. The molecular weight excluding hydrogens is 480 g/mol. The number of carbonyl (C=O) groups excluding carboxylic acids is 5. The number of carbonyl (C=O) groups is 5. The van der Waals surface area contributed by atoms with E-state index in [0.717, 1.165) is 0 Å². The molecular formula is C25H38N6O6. The Bertz CT molecular complexity index is 967. The van der Waals surface area contributed by atoms with Crippen LogP contribution < -0.4 is 32.3 Å². The average Bonchev–Trinajstić information content (AvgIpc) is 2.85. The Morgan fingerprint density at radius 3 is 2.11 bits per heavy atom. The lowest BCUT2D eigenvalue weighted by Crippen LogP contribution is -2.58. The van der Waals surface area contributed by atoms with E-state index >= 15 is 0 Å². The summed E-state index contributed by atoms with van der Waals surface area (Å²) in [5.41, 5.74) is 6.25. The number of aromatic hydroxyl groups is 1. The van der Waals surface area contributed by atoms with Crippen molar-refractivity contribution in [3.05, 3.63) is 29.8 Å². The van der Waals surface area contributed by atoms with Gasteiger partial charge in [-0.3, -0.25) is 24.0 Å². The summed E-state index contributed by atoms with van der Waals surface area (Å²) in [5.74, 6) is -3.17. The molecule has 12 heteroatoms. The van der Waals surface area contributed by atoms with Crippen molar-refractivity contribution in [2.75, 3.05) is 13.1 Å². The highest BCUT2D eigenvalue weighted by atomic mass is 16.3. The van der Waals surface area contributed by atoms with E-state index < -0.39 is 53.7 Å². The molecule has 0 radical (unpaired) electrons. The van der Waals surface area contributed by atoms with Crippen molar-refractivity contribution in [3.8, 4) is 5.75 Å². The molecule has 12 nitrogen and oxygen atoms in total. The fourth-order valence-electron chi connectivity index (χ4n) is 3.83. The number of benzene rings is 1. The molecule has 0 aromatic heterocycles. The zero-order chi connectivity index (χ0) is 27.5. The monoisotopic (exact) mass is 518 g/mol. The van der Waals surface area contributed by atoms with Crippen LogP contribution in [0.1, 0.15) is 45.6 Å². The first-order chi connectivity index (χ1) is 17.5. The Labute approximate surface area is 216 Å². The Balaban J connectivity index is 2.39. The molecule has 0 bridgehead atoms. The number of hydrogen-bond acceptors (Lipinski definition) is 7. The Hall–Kier alpha value is -3.67. The first-order valence-electron chi connectivity index (χ1n) is 12.5. The molecule has 1 aliphatic rings. The van der Waals surface area contributed by atoms with Gasteiger partial charge in [0.05, 0.1) is 6.54 Å². The summed E-state index contributed by atoms with van der Waals surface area (Å²) < 4.78 is 0. The number of rotatable bonds is 7. The van der Waals surface area contributed by atoms with Gasteiger partial charge in [-0.15, -0.1) is 0 Å². The van der Waals surface area contributed by atoms with Crippen molar-refractivity contribution in [2.24, 2.45) is 11.7 Å². The van der Waals surface area contributed by atoms with Gasteiger partial charge in [-0.05, 0) is 56.3 Å². The van der Waals surface area contributed by atoms with Gasteiger partial charge in [-0.2, -0.15) is 0 Å². The molecule has 1 aromatic carbocycles. The van der Waals surface area contributed by atoms with Gasteiger partial charge >= 0.3 is 0 Å². The molecule has 1 heterocycles. The number of phenolic OH excluding ortho intramolecular Hbond substituents is 1. The van der Waals surface area contributed by atoms with Crippen molar-refractivity contribution in [2.45, 2.75) is 70.6 Å². The van der Waals surface area contributed by atoms with Gasteiger partial charge in [0.15, 0.2) is 0 Å². The maximum absolute atomic E-state index is 13.3. The summed E-state index contributed by atoms with van der Waals surface area (Å²) in [5, 5.41) is 22.6. The van der Waals surface area contributed by atoms with Gasteiger partial charge in [0, 0.05) is 6.42 Å². The molecule has 0 aliphatic carbocycles. The number of nitrogens with two attached hydrogens (primary N) is 1. The first kappa shape index (κ1) is 29.6. The van der Waals surface area contributed by atoms with Gasteiger partial charge in [0.2, 0.25) is 29.5 Å². The molecule has 1 aliphatic heterocycles. The second-order valence-electron chi connectivity index (χ2n) is 9.51. The standard InChI is InChI=1S/C25H38N6O6/c1-14(2)21-25(37)29-18(6-4-5-11-26)23(35)30-19(12-16-7-9-17(32)10-8-16)24(36)28-15(3)22(34)27-13-20(33)31-21/h7-10,14-15,18-19,21,32H,4-6,11-13,26H2,1-3H3,(H,27,34)(H,28,36)(H,29,37)(H,30,35)(H,31,33)/t15-,18+,19+,21+/m1/s1. The Morgan fingerprint density at radius 2 is 1.49 bits per heavy atom. The zero-order valence-corrected chi connectivity index (χ0v) is 21.5. The predicted molar refractivity (Wildman–Crippen MR) is 136 cm³/mol. The zero-order valence-electron chi connectivity index (χ0n) is 21.5. The maximum atomic E-state index is 13.3. The smallest absolute Gasteiger partial charge is 0.243 e. The third-order valence-electron chi connectivity index (χ3n) is 6.03. The van der Waals surface area contributed by atoms with E-state index in [4.69, 9.17) is 5.73 Å². The average molecular weight is 519 g/mol.